The monoisotopic (exact) mass is 616 g/mol. The summed E-state index contributed by atoms with van der Waals surface area (Å²) in [6.45, 7) is 9.32. The smallest absolute Gasteiger partial charge is 0.290 e. The number of halogens is 2. The molecule has 3 rings (SSSR count). The molecule has 1 amide bonds. The Labute approximate surface area is 256 Å². The number of carboxylic acid groups (broad SMARTS) is 1. The van der Waals surface area contributed by atoms with Crippen molar-refractivity contribution in [1.29, 1.82) is 0 Å². The Morgan fingerprint density at radius 1 is 1.20 bits per heavy atom. The van der Waals surface area contributed by atoms with E-state index in [2.05, 4.69) is 34.5 Å². The molecule has 2 heterocycles. The van der Waals surface area contributed by atoms with Gasteiger partial charge in [-0.05, 0) is 68.8 Å². The van der Waals surface area contributed by atoms with Gasteiger partial charge in [-0.25, -0.2) is 18.8 Å². The maximum Gasteiger partial charge on any atom is 0.290 e. The number of aldehydes is 1. The van der Waals surface area contributed by atoms with E-state index in [1.54, 1.807) is 52.5 Å². The van der Waals surface area contributed by atoms with Crippen molar-refractivity contribution >= 4 is 30.3 Å². The van der Waals surface area contributed by atoms with Gasteiger partial charge in [0.2, 0.25) is 5.91 Å². The Balaban J connectivity index is 0.000000948. The van der Waals surface area contributed by atoms with E-state index >= 15 is 0 Å². The molecular weight excluding hydrogens is 574 g/mol. The zero-order valence-electron chi connectivity index (χ0n) is 26.1. The lowest BCUT2D eigenvalue weighted by Crippen LogP contribution is -2.35. The molecule has 0 bridgehead atoms. The second kappa shape index (κ2) is 21.0. The van der Waals surface area contributed by atoms with Gasteiger partial charge in [-0.15, -0.1) is 0 Å². The number of aryl methyl sites for hydroxylation is 2. The first-order chi connectivity index (χ1) is 20.9. The van der Waals surface area contributed by atoms with Crippen LogP contribution >= 0.6 is 0 Å². The van der Waals surface area contributed by atoms with Gasteiger partial charge in [0.1, 0.15) is 0 Å². The molecule has 44 heavy (non-hydrogen) atoms. The third-order valence-corrected chi connectivity index (χ3v) is 5.50. The number of hydrogen-bond acceptors (Lipinski definition) is 7. The van der Waals surface area contributed by atoms with Gasteiger partial charge < -0.3 is 26.0 Å². The highest BCUT2D eigenvalue weighted by atomic mass is 19.2. The molecule has 11 nitrogen and oxygen atoms in total. The molecule has 0 spiro atoms. The van der Waals surface area contributed by atoms with Gasteiger partial charge in [0, 0.05) is 30.6 Å². The van der Waals surface area contributed by atoms with Crippen molar-refractivity contribution in [1.82, 2.24) is 20.2 Å². The van der Waals surface area contributed by atoms with Crippen molar-refractivity contribution in [3.63, 3.8) is 0 Å². The molecule has 0 saturated carbocycles. The molecule has 0 radical (unpaired) electrons. The van der Waals surface area contributed by atoms with Crippen LogP contribution in [-0.4, -0.2) is 52.8 Å². The van der Waals surface area contributed by atoms with Crippen LogP contribution in [0, 0.1) is 18.6 Å². The number of benzene rings is 1. The van der Waals surface area contributed by atoms with E-state index in [0.29, 0.717) is 35.5 Å². The van der Waals surface area contributed by atoms with Crippen molar-refractivity contribution < 1.29 is 28.3 Å². The predicted molar refractivity (Wildman–Crippen MR) is 168 cm³/mol. The first-order valence-electron chi connectivity index (χ1n) is 13.7. The summed E-state index contributed by atoms with van der Waals surface area (Å²) < 4.78 is 30.4. The Morgan fingerprint density at radius 2 is 1.82 bits per heavy atom. The fourth-order valence-corrected chi connectivity index (χ4v) is 3.67. The number of nitrogens with one attached hydrogen (secondary N) is 2. The Hall–Kier alpha value is -4.78. The van der Waals surface area contributed by atoms with Crippen LogP contribution in [0.4, 0.5) is 14.6 Å². The number of carbonyl (C=O) groups excluding carboxylic acids is 2. The molecule has 0 fully saturated rings. The summed E-state index contributed by atoms with van der Waals surface area (Å²) in [7, 11) is 3.24. The summed E-state index contributed by atoms with van der Waals surface area (Å²) in [6, 6.07) is 6.88. The number of amidine groups is 1. The largest absolute Gasteiger partial charge is 0.483 e. The van der Waals surface area contributed by atoms with Crippen LogP contribution in [0.5, 0.6) is 0 Å². The van der Waals surface area contributed by atoms with E-state index in [-0.39, 0.29) is 35.6 Å². The molecule has 0 aliphatic rings. The zero-order valence-corrected chi connectivity index (χ0v) is 26.1. The second-order valence-corrected chi connectivity index (χ2v) is 9.31. The van der Waals surface area contributed by atoms with Crippen molar-refractivity contribution in [2.45, 2.75) is 53.5 Å². The highest BCUT2D eigenvalue weighted by molar-refractivity contribution is 5.85. The van der Waals surface area contributed by atoms with Crippen molar-refractivity contribution in [2.24, 2.45) is 17.8 Å². The van der Waals surface area contributed by atoms with E-state index in [9.17, 15) is 23.2 Å². The van der Waals surface area contributed by atoms with Gasteiger partial charge >= 0.3 is 0 Å². The van der Waals surface area contributed by atoms with Gasteiger partial charge in [-0.2, -0.15) is 0 Å². The molecule has 2 aromatic heterocycles. The SMILES string of the molecule is CCC.CCC(NC(=O)CNC)c1cc(-c2c(C)ccnc2N=C(C)N)cc(F)c1F.Cn1cccc(C=O)c1=O.O=CO. The van der Waals surface area contributed by atoms with E-state index < -0.39 is 17.7 Å². The summed E-state index contributed by atoms with van der Waals surface area (Å²) in [4.78, 5) is 49.8. The number of likely N-dealkylation sites (N-methyl/N-ethyl adjacent to an activating group) is 1. The minimum atomic E-state index is -1.00. The van der Waals surface area contributed by atoms with Crippen LogP contribution < -0.4 is 21.9 Å². The third-order valence-electron chi connectivity index (χ3n) is 5.50. The number of pyridine rings is 2. The molecule has 5 N–H and O–H groups in total. The number of nitrogens with zero attached hydrogens (tertiary/aromatic N) is 3. The van der Waals surface area contributed by atoms with Crippen molar-refractivity contribution in [3.05, 3.63) is 81.4 Å². The molecule has 1 aromatic carbocycles. The van der Waals surface area contributed by atoms with Gasteiger partial charge in [0.05, 0.1) is 24.0 Å². The molecule has 13 heteroatoms. The molecule has 240 valence electrons. The summed E-state index contributed by atoms with van der Waals surface area (Å²) in [5.41, 5.74) is 7.47. The average molecular weight is 617 g/mol. The van der Waals surface area contributed by atoms with Crippen LogP contribution in [0.3, 0.4) is 0 Å². The maximum absolute atomic E-state index is 14.6. The number of aromatic nitrogens is 2. The van der Waals surface area contributed by atoms with Crippen LogP contribution in [0.25, 0.3) is 11.1 Å². The predicted octanol–water partition coefficient (Wildman–Crippen LogP) is 4.45. The van der Waals surface area contributed by atoms with Crippen molar-refractivity contribution in [3.8, 4) is 11.1 Å². The average Bonchev–Trinajstić information content (AvgIpc) is 2.96. The number of hydrogen-bond donors (Lipinski definition) is 4. The lowest BCUT2D eigenvalue weighted by Gasteiger charge is -2.20. The van der Waals surface area contributed by atoms with Gasteiger partial charge in [-0.1, -0.05) is 27.2 Å². The number of rotatable bonds is 8. The van der Waals surface area contributed by atoms with Gasteiger partial charge in [0.25, 0.3) is 12.0 Å². The van der Waals surface area contributed by atoms with Crippen LogP contribution in [0.1, 0.15) is 68.1 Å². The van der Waals surface area contributed by atoms with Crippen LogP contribution in [0.2, 0.25) is 0 Å². The Bertz CT molecular complexity index is 1460. The summed E-state index contributed by atoms with van der Waals surface area (Å²) >= 11 is 0. The van der Waals surface area contributed by atoms with Crippen LogP contribution in [0.15, 0.2) is 52.5 Å². The molecule has 0 saturated heterocycles. The topological polar surface area (TPSA) is 169 Å². The third kappa shape index (κ3) is 12.6. The number of nitrogens with two attached hydrogens (primary N) is 1. The molecule has 0 aliphatic heterocycles. The summed E-state index contributed by atoms with van der Waals surface area (Å²) in [5, 5.41) is 12.3. The minimum Gasteiger partial charge on any atom is -0.483 e. The Morgan fingerprint density at radius 3 is 2.32 bits per heavy atom. The van der Waals surface area contributed by atoms with Crippen molar-refractivity contribution in [2.75, 3.05) is 13.6 Å². The lowest BCUT2D eigenvalue weighted by molar-refractivity contribution is -0.123. The van der Waals surface area contributed by atoms with E-state index in [0.717, 1.165) is 11.6 Å². The molecule has 3 aromatic rings. The first kappa shape index (κ1) is 39.2. The Kier molecular flexibility index (Phi) is 18.7. The number of aliphatic imine (C=N–C) groups is 1. The fraction of sp³-hybridized carbons (Fsp3) is 0.355. The van der Waals surface area contributed by atoms with Gasteiger partial charge in [-0.3, -0.25) is 19.2 Å². The van der Waals surface area contributed by atoms with E-state index in [1.165, 1.54) is 23.1 Å². The standard InChI is InChI=1S/C20H25F2N5O.C7H7NO2.C3H8.CH2O2/c1-5-16(27-17(28)10-24-4)14-8-13(9-15(21)19(14)22)18-11(2)6-7-25-20(18)26-12(3)23;1-8-4-2-3-6(5-9)7(8)10;1-3-2;2-1-3/h6-9,16,24H,5,10H2,1-4H3,(H,27,28)(H2,23,25,26);2-5H,1H3;3H2,1-2H3;1H,(H,2,3). The van der Waals surface area contributed by atoms with Gasteiger partial charge in [0.15, 0.2) is 23.7 Å². The second-order valence-electron chi connectivity index (χ2n) is 9.31. The lowest BCUT2D eigenvalue weighted by atomic mass is 9.95. The zero-order chi connectivity index (χ0) is 33.8. The molecule has 1 unspecified atom stereocenters. The maximum atomic E-state index is 14.6. The molecular formula is C31H42F2N6O5. The van der Waals surface area contributed by atoms with E-state index in [1.807, 2.05) is 6.92 Å². The quantitative estimate of drug-likeness (QED) is 0.164. The number of carbonyl (C=O) groups is 3. The molecule has 0 aliphatic carbocycles. The van der Waals surface area contributed by atoms with Crippen LogP contribution in [-0.2, 0) is 16.6 Å². The highest BCUT2D eigenvalue weighted by Crippen LogP contribution is 2.35. The fourth-order valence-electron chi connectivity index (χ4n) is 3.67. The molecule has 1 atom stereocenters. The van der Waals surface area contributed by atoms with E-state index in [4.69, 9.17) is 15.6 Å². The number of amides is 1. The minimum absolute atomic E-state index is 0.0737. The first-order valence-corrected chi connectivity index (χ1v) is 13.7. The normalized spacial score (nSPS) is 10.9. The summed E-state index contributed by atoms with van der Waals surface area (Å²) in [5.74, 6) is -1.67. The highest BCUT2D eigenvalue weighted by Gasteiger charge is 2.22. The summed E-state index contributed by atoms with van der Waals surface area (Å²) in [6.07, 6.45) is 5.39.